The minimum atomic E-state index is 0.928. The highest BCUT2D eigenvalue weighted by Gasteiger charge is 2.12. The second-order valence-corrected chi connectivity index (χ2v) is 3.47. The van der Waals surface area contributed by atoms with Gasteiger partial charge in [0.05, 0.1) is 5.69 Å². The SMILES string of the molecule is N/C=C\c1cccc(N2CCCC2)n1. The largest absolute Gasteiger partial charge is 0.405 e. The van der Waals surface area contributed by atoms with Gasteiger partial charge < -0.3 is 10.6 Å². The van der Waals surface area contributed by atoms with E-state index < -0.39 is 0 Å². The highest BCUT2D eigenvalue weighted by molar-refractivity contribution is 5.49. The zero-order chi connectivity index (χ0) is 9.80. The van der Waals surface area contributed by atoms with Gasteiger partial charge in [0.2, 0.25) is 0 Å². The standard InChI is InChI=1S/C11H15N3/c12-7-6-10-4-3-5-11(13-10)14-8-1-2-9-14/h3-7H,1-2,8-9,12H2/b7-6-. The summed E-state index contributed by atoms with van der Waals surface area (Å²) < 4.78 is 0. The average Bonchev–Trinajstić information content (AvgIpc) is 2.71. The van der Waals surface area contributed by atoms with E-state index in [0.29, 0.717) is 0 Å². The van der Waals surface area contributed by atoms with Crippen molar-refractivity contribution in [3.63, 3.8) is 0 Å². The van der Waals surface area contributed by atoms with E-state index >= 15 is 0 Å². The van der Waals surface area contributed by atoms with E-state index in [0.717, 1.165) is 24.6 Å². The van der Waals surface area contributed by atoms with Crippen LogP contribution in [-0.2, 0) is 0 Å². The summed E-state index contributed by atoms with van der Waals surface area (Å²) in [6.45, 7) is 2.26. The lowest BCUT2D eigenvalue weighted by Crippen LogP contribution is -2.18. The Morgan fingerprint density at radius 2 is 2.07 bits per heavy atom. The molecule has 1 aliphatic heterocycles. The molecule has 0 aliphatic carbocycles. The molecular formula is C11H15N3. The summed E-state index contributed by atoms with van der Waals surface area (Å²) in [6, 6.07) is 6.04. The maximum absolute atomic E-state index is 5.33. The second-order valence-electron chi connectivity index (χ2n) is 3.47. The second kappa shape index (κ2) is 4.13. The molecule has 1 aromatic rings. The van der Waals surface area contributed by atoms with Crippen molar-refractivity contribution >= 4 is 11.9 Å². The van der Waals surface area contributed by atoms with Gasteiger partial charge in [-0.1, -0.05) is 6.07 Å². The molecule has 1 saturated heterocycles. The van der Waals surface area contributed by atoms with E-state index in [1.165, 1.54) is 19.0 Å². The average molecular weight is 189 g/mol. The Morgan fingerprint density at radius 3 is 2.79 bits per heavy atom. The number of pyridine rings is 1. The predicted molar refractivity (Wildman–Crippen MR) is 58.9 cm³/mol. The molecule has 74 valence electrons. The van der Waals surface area contributed by atoms with Gasteiger partial charge in [-0.25, -0.2) is 4.98 Å². The zero-order valence-electron chi connectivity index (χ0n) is 8.19. The van der Waals surface area contributed by atoms with Crippen LogP contribution in [0, 0.1) is 0 Å². The Bertz CT molecular complexity index is 327. The molecule has 1 aromatic heterocycles. The molecule has 14 heavy (non-hydrogen) atoms. The van der Waals surface area contributed by atoms with Gasteiger partial charge >= 0.3 is 0 Å². The Balaban J connectivity index is 2.20. The van der Waals surface area contributed by atoms with Crippen molar-refractivity contribution in [2.24, 2.45) is 5.73 Å². The lowest BCUT2D eigenvalue weighted by molar-refractivity contribution is 0.936. The lowest BCUT2D eigenvalue weighted by atomic mass is 10.3. The molecule has 0 radical (unpaired) electrons. The first-order chi connectivity index (χ1) is 6.90. The summed E-state index contributed by atoms with van der Waals surface area (Å²) in [5.41, 5.74) is 6.26. The Labute approximate surface area is 84.2 Å². The number of anilines is 1. The Morgan fingerprint density at radius 1 is 1.29 bits per heavy atom. The fourth-order valence-electron chi connectivity index (χ4n) is 1.75. The van der Waals surface area contributed by atoms with Gasteiger partial charge in [-0.2, -0.15) is 0 Å². The quantitative estimate of drug-likeness (QED) is 0.768. The number of hydrogen-bond donors (Lipinski definition) is 1. The van der Waals surface area contributed by atoms with Crippen LogP contribution in [0.1, 0.15) is 18.5 Å². The Hall–Kier alpha value is -1.51. The monoisotopic (exact) mass is 189 g/mol. The van der Waals surface area contributed by atoms with Crippen molar-refractivity contribution in [3.05, 3.63) is 30.1 Å². The van der Waals surface area contributed by atoms with E-state index in [1.807, 2.05) is 18.2 Å². The summed E-state index contributed by atoms with van der Waals surface area (Å²) >= 11 is 0. The first-order valence-electron chi connectivity index (χ1n) is 5.00. The van der Waals surface area contributed by atoms with E-state index in [2.05, 4.69) is 16.0 Å². The highest BCUT2D eigenvalue weighted by Crippen LogP contribution is 2.17. The molecule has 0 amide bonds. The highest BCUT2D eigenvalue weighted by atomic mass is 15.2. The molecule has 2 N–H and O–H groups in total. The first kappa shape index (κ1) is 9.06. The van der Waals surface area contributed by atoms with Gasteiger partial charge in [0.15, 0.2) is 0 Å². The van der Waals surface area contributed by atoms with Crippen molar-refractivity contribution in [1.29, 1.82) is 0 Å². The topological polar surface area (TPSA) is 42.1 Å². The predicted octanol–water partition coefficient (Wildman–Crippen LogP) is 1.61. The molecule has 0 unspecified atom stereocenters. The van der Waals surface area contributed by atoms with Crippen LogP contribution in [0.15, 0.2) is 24.4 Å². The zero-order valence-corrected chi connectivity index (χ0v) is 8.19. The molecule has 0 aromatic carbocycles. The minimum Gasteiger partial charge on any atom is -0.405 e. The fraction of sp³-hybridized carbons (Fsp3) is 0.364. The lowest BCUT2D eigenvalue weighted by Gasteiger charge is -2.16. The van der Waals surface area contributed by atoms with Gasteiger partial charge in [0, 0.05) is 13.1 Å². The maximum atomic E-state index is 5.33. The molecule has 3 nitrogen and oxygen atoms in total. The van der Waals surface area contributed by atoms with Crippen molar-refractivity contribution in [1.82, 2.24) is 4.98 Å². The van der Waals surface area contributed by atoms with E-state index in [-0.39, 0.29) is 0 Å². The summed E-state index contributed by atoms with van der Waals surface area (Å²) in [6.07, 6.45) is 5.90. The summed E-state index contributed by atoms with van der Waals surface area (Å²) in [4.78, 5) is 6.82. The van der Waals surface area contributed by atoms with Crippen LogP contribution >= 0.6 is 0 Å². The van der Waals surface area contributed by atoms with Gasteiger partial charge in [-0.15, -0.1) is 0 Å². The minimum absolute atomic E-state index is 0.928. The normalized spacial score (nSPS) is 16.7. The van der Waals surface area contributed by atoms with Crippen LogP contribution in [0.3, 0.4) is 0 Å². The molecule has 2 heterocycles. The molecule has 1 fully saturated rings. The third kappa shape index (κ3) is 1.87. The third-order valence-electron chi connectivity index (χ3n) is 2.45. The molecule has 3 heteroatoms. The maximum Gasteiger partial charge on any atom is 0.129 e. The number of rotatable bonds is 2. The van der Waals surface area contributed by atoms with Crippen LogP contribution in [0.25, 0.3) is 6.08 Å². The van der Waals surface area contributed by atoms with Crippen LogP contribution in [0.2, 0.25) is 0 Å². The van der Waals surface area contributed by atoms with Crippen molar-refractivity contribution in [2.75, 3.05) is 18.0 Å². The van der Waals surface area contributed by atoms with Crippen molar-refractivity contribution < 1.29 is 0 Å². The van der Waals surface area contributed by atoms with Gasteiger partial charge in [-0.3, -0.25) is 0 Å². The number of nitrogens with two attached hydrogens (primary N) is 1. The van der Waals surface area contributed by atoms with E-state index in [1.54, 1.807) is 0 Å². The molecule has 0 saturated carbocycles. The Kier molecular flexibility index (Phi) is 2.68. The number of nitrogens with zero attached hydrogens (tertiary/aromatic N) is 2. The van der Waals surface area contributed by atoms with Gasteiger partial charge in [0.1, 0.15) is 5.82 Å². The summed E-state index contributed by atoms with van der Waals surface area (Å²) in [7, 11) is 0. The van der Waals surface area contributed by atoms with Crippen molar-refractivity contribution in [3.8, 4) is 0 Å². The summed E-state index contributed by atoms with van der Waals surface area (Å²) in [5, 5.41) is 0. The molecular weight excluding hydrogens is 174 g/mol. The molecule has 2 rings (SSSR count). The number of hydrogen-bond acceptors (Lipinski definition) is 3. The van der Waals surface area contributed by atoms with Crippen LogP contribution in [0.5, 0.6) is 0 Å². The first-order valence-corrected chi connectivity index (χ1v) is 5.00. The van der Waals surface area contributed by atoms with Crippen LogP contribution in [0.4, 0.5) is 5.82 Å². The van der Waals surface area contributed by atoms with Crippen molar-refractivity contribution in [2.45, 2.75) is 12.8 Å². The smallest absolute Gasteiger partial charge is 0.129 e. The number of aromatic nitrogens is 1. The fourth-order valence-corrected chi connectivity index (χ4v) is 1.75. The van der Waals surface area contributed by atoms with E-state index in [9.17, 15) is 0 Å². The van der Waals surface area contributed by atoms with Gasteiger partial charge in [-0.05, 0) is 37.3 Å². The molecule has 0 atom stereocenters. The van der Waals surface area contributed by atoms with Gasteiger partial charge in [0.25, 0.3) is 0 Å². The molecule has 0 spiro atoms. The summed E-state index contributed by atoms with van der Waals surface area (Å²) in [5.74, 6) is 1.07. The van der Waals surface area contributed by atoms with Crippen LogP contribution < -0.4 is 10.6 Å². The van der Waals surface area contributed by atoms with E-state index in [4.69, 9.17) is 5.73 Å². The molecule has 1 aliphatic rings. The van der Waals surface area contributed by atoms with Crippen LogP contribution in [-0.4, -0.2) is 18.1 Å². The third-order valence-corrected chi connectivity index (χ3v) is 2.45. The molecule has 0 bridgehead atoms.